The molecule has 0 fully saturated rings. The first-order valence-electron chi connectivity index (χ1n) is 5.78. The number of aryl methyl sites for hydroxylation is 1. The maximum Gasteiger partial charge on any atom is 0.419 e. The molecule has 0 radical (unpaired) electrons. The second-order valence-corrected chi connectivity index (χ2v) is 4.33. The van der Waals surface area contributed by atoms with Gasteiger partial charge in [-0.3, -0.25) is 4.79 Å². The van der Waals surface area contributed by atoms with Gasteiger partial charge in [-0.15, -0.1) is 0 Å². The number of aromatic nitrogens is 1. The first-order valence-corrected chi connectivity index (χ1v) is 5.78. The van der Waals surface area contributed by atoms with E-state index >= 15 is 0 Å². The van der Waals surface area contributed by atoms with Crippen LogP contribution in [-0.2, 0) is 6.18 Å². The zero-order chi connectivity index (χ0) is 14.9. The number of rotatable bonds is 2. The molecule has 6 heteroatoms. The normalized spacial score (nSPS) is 11.4. The number of aromatic amines is 1. The van der Waals surface area contributed by atoms with Crippen molar-refractivity contribution < 1.29 is 17.9 Å². The van der Waals surface area contributed by atoms with Gasteiger partial charge in [0.1, 0.15) is 5.75 Å². The van der Waals surface area contributed by atoms with Crippen LogP contribution in [0.1, 0.15) is 11.3 Å². The summed E-state index contributed by atoms with van der Waals surface area (Å²) < 4.78 is 43.1. The molecule has 1 aromatic carbocycles. The average Bonchev–Trinajstić information content (AvgIpc) is 2.35. The van der Waals surface area contributed by atoms with Crippen LogP contribution in [0.25, 0.3) is 11.1 Å². The minimum atomic E-state index is -4.48. The first-order chi connectivity index (χ1) is 9.31. The molecule has 0 saturated heterocycles. The Morgan fingerprint density at radius 1 is 1.10 bits per heavy atom. The molecule has 0 aliphatic rings. The third-order valence-corrected chi connectivity index (χ3v) is 2.82. The molecule has 0 bridgehead atoms. The zero-order valence-electron chi connectivity index (χ0n) is 10.8. The first kappa shape index (κ1) is 14.2. The molecule has 1 heterocycles. The van der Waals surface area contributed by atoms with E-state index in [-0.39, 0.29) is 11.3 Å². The van der Waals surface area contributed by atoms with Crippen molar-refractivity contribution in [3.8, 4) is 16.9 Å². The second kappa shape index (κ2) is 5.03. The quantitative estimate of drug-likeness (QED) is 0.918. The second-order valence-electron chi connectivity index (χ2n) is 4.33. The summed E-state index contributed by atoms with van der Waals surface area (Å²) in [5, 5.41) is 0. The van der Waals surface area contributed by atoms with Gasteiger partial charge < -0.3 is 9.72 Å². The van der Waals surface area contributed by atoms with Gasteiger partial charge in [0.2, 0.25) is 5.56 Å². The van der Waals surface area contributed by atoms with Crippen molar-refractivity contribution >= 4 is 0 Å². The molecule has 0 spiro atoms. The molecule has 2 rings (SSSR count). The van der Waals surface area contributed by atoms with E-state index in [0.29, 0.717) is 16.8 Å². The lowest BCUT2D eigenvalue weighted by molar-refractivity contribution is -0.138. The Balaban J connectivity index is 2.57. The molecule has 1 aromatic heterocycles. The minimum Gasteiger partial charge on any atom is -0.496 e. The number of halogens is 3. The molecule has 0 aliphatic heterocycles. The number of H-pyrrole nitrogens is 1. The standard InChI is InChI=1S/C14H12F3NO2/c1-8-5-10(7-13(19)18-8)9-3-4-11(14(15,16)17)12(6-9)20-2/h3-7H,1-2H3,(H,18,19). The van der Waals surface area contributed by atoms with Gasteiger partial charge in [0.05, 0.1) is 12.7 Å². The summed E-state index contributed by atoms with van der Waals surface area (Å²) in [6.45, 7) is 1.70. The molecular formula is C14H12F3NO2. The van der Waals surface area contributed by atoms with Gasteiger partial charge in [-0.25, -0.2) is 0 Å². The van der Waals surface area contributed by atoms with Crippen LogP contribution >= 0.6 is 0 Å². The summed E-state index contributed by atoms with van der Waals surface area (Å²) in [6, 6.07) is 6.56. The van der Waals surface area contributed by atoms with E-state index in [2.05, 4.69) is 4.98 Å². The summed E-state index contributed by atoms with van der Waals surface area (Å²) in [5.74, 6) is -0.270. The van der Waals surface area contributed by atoms with Gasteiger partial charge in [-0.05, 0) is 36.2 Å². The molecule has 0 unspecified atom stereocenters. The molecule has 0 aliphatic carbocycles. The average molecular weight is 283 g/mol. The smallest absolute Gasteiger partial charge is 0.419 e. The number of pyridine rings is 1. The van der Waals surface area contributed by atoms with Crippen molar-refractivity contribution in [3.05, 3.63) is 51.9 Å². The van der Waals surface area contributed by atoms with Crippen molar-refractivity contribution in [2.75, 3.05) is 7.11 Å². The molecule has 1 N–H and O–H groups in total. The van der Waals surface area contributed by atoms with Gasteiger partial charge in [-0.2, -0.15) is 13.2 Å². The number of ether oxygens (including phenoxy) is 1. The van der Waals surface area contributed by atoms with Crippen LogP contribution in [0.3, 0.4) is 0 Å². The van der Waals surface area contributed by atoms with E-state index < -0.39 is 11.7 Å². The molecule has 0 amide bonds. The maximum atomic E-state index is 12.8. The van der Waals surface area contributed by atoms with Crippen molar-refractivity contribution in [2.24, 2.45) is 0 Å². The SMILES string of the molecule is COc1cc(-c2cc(C)[nH]c(=O)c2)ccc1C(F)(F)F. The molecule has 3 nitrogen and oxygen atoms in total. The monoisotopic (exact) mass is 283 g/mol. The van der Waals surface area contributed by atoms with Crippen LogP contribution in [0.15, 0.2) is 35.1 Å². The van der Waals surface area contributed by atoms with Crippen molar-refractivity contribution in [2.45, 2.75) is 13.1 Å². The lowest BCUT2D eigenvalue weighted by Crippen LogP contribution is -2.08. The Bertz CT molecular complexity index is 690. The van der Waals surface area contributed by atoms with Crippen molar-refractivity contribution in [1.29, 1.82) is 0 Å². The molecule has 0 atom stereocenters. The van der Waals surface area contributed by atoms with Crippen LogP contribution in [0.5, 0.6) is 5.75 Å². The lowest BCUT2D eigenvalue weighted by atomic mass is 10.0. The third-order valence-electron chi connectivity index (χ3n) is 2.82. The lowest BCUT2D eigenvalue weighted by Gasteiger charge is -2.13. The van der Waals surface area contributed by atoms with Crippen LogP contribution < -0.4 is 10.3 Å². The van der Waals surface area contributed by atoms with Crippen molar-refractivity contribution in [3.63, 3.8) is 0 Å². The highest BCUT2D eigenvalue weighted by molar-refractivity contribution is 5.66. The maximum absolute atomic E-state index is 12.8. The highest BCUT2D eigenvalue weighted by Gasteiger charge is 2.34. The fraction of sp³-hybridized carbons (Fsp3) is 0.214. The molecule has 2 aromatic rings. The summed E-state index contributed by atoms with van der Waals surface area (Å²) >= 11 is 0. The van der Waals surface area contributed by atoms with Gasteiger partial charge in [0.15, 0.2) is 0 Å². The van der Waals surface area contributed by atoms with Gasteiger partial charge >= 0.3 is 6.18 Å². The van der Waals surface area contributed by atoms with E-state index in [4.69, 9.17) is 4.74 Å². The molecular weight excluding hydrogens is 271 g/mol. The highest BCUT2D eigenvalue weighted by atomic mass is 19.4. The number of methoxy groups -OCH3 is 1. The number of benzene rings is 1. The number of nitrogens with one attached hydrogen (secondary N) is 1. The Morgan fingerprint density at radius 2 is 1.80 bits per heavy atom. The third kappa shape index (κ3) is 2.84. The summed E-state index contributed by atoms with van der Waals surface area (Å²) in [5.41, 5.74) is 0.512. The largest absolute Gasteiger partial charge is 0.496 e. The van der Waals surface area contributed by atoms with Gasteiger partial charge in [0, 0.05) is 11.8 Å². The van der Waals surface area contributed by atoms with E-state index in [0.717, 1.165) is 6.07 Å². The van der Waals surface area contributed by atoms with Gasteiger partial charge in [-0.1, -0.05) is 6.07 Å². The summed E-state index contributed by atoms with van der Waals surface area (Å²) in [6.07, 6.45) is -4.48. The van der Waals surface area contributed by atoms with Crippen LogP contribution in [-0.4, -0.2) is 12.1 Å². The van der Waals surface area contributed by atoms with Gasteiger partial charge in [0.25, 0.3) is 0 Å². The van der Waals surface area contributed by atoms with E-state index in [1.807, 2.05) is 0 Å². The Labute approximate surface area is 113 Å². The molecule has 0 saturated carbocycles. The van der Waals surface area contributed by atoms with E-state index in [9.17, 15) is 18.0 Å². The molecule has 106 valence electrons. The number of hydrogen-bond acceptors (Lipinski definition) is 2. The fourth-order valence-corrected chi connectivity index (χ4v) is 1.95. The Hall–Kier alpha value is -2.24. The Kier molecular flexibility index (Phi) is 3.57. The van der Waals surface area contributed by atoms with Crippen LogP contribution in [0.4, 0.5) is 13.2 Å². The number of alkyl halides is 3. The predicted molar refractivity (Wildman–Crippen MR) is 68.8 cm³/mol. The minimum absolute atomic E-state index is 0.270. The topological polar surface area (TPSA) is 42.1 Å². The van der Waals surface area contributed by atoms with Crippen molar-refractivity contribution in [1.82, 2.24) is 4.98 Å². The summed E-state index contributed by atoms with van der Waals surface area (Å²) in [4.78, 5) is 14.0. The van der Waals surface area contributed by atoms with E-state index in [1.165, 1.54) is 25.3 Å². The fourth-order valence-electron chi connectivity index (χ4n) is 1.95. The van der Waals surface area contributed by atoms with Crippen LogP contribution in [0.2, 0.25) is 0 Å². The highest BCUT2D eigenvalue weighted by Crippen LogP contribution is 2.38. The van der Waals surface area contributed by atoms with E-state index in [1.54, 1.807) is 13.0 Å². The predicted octanol–water partition coefficient (Wildman–Crippen LogP) is 3.38. The zero-order valence-corrected chi connectivity index (χ0v) is 10.8. The molecule has 20 heavy (non-hydrogen) atoms. The Morgan fingerprint density at radius 3 is 2.35 bits per heavy atom. The summed E-state index contributed by atoms with van der Waals surface area (Å²) in [7, 11) is 1.18. The van der Waals surface area contributed by atoms with Crippen LogP contribution in [0, 0.1) is 6.92 Å². The number of hydrogen-bond donors (Lipinski definition) is 1.